The Morgan fingerprint density at radius 1 is 1.03 bits per heavy atom. The fourth-order valence-electron chi connectivity index (χ4n) is 3.43. The monoisotopic (exact) mass is 431 g/mol. The minimum Gasteiger partial charge on any atom is -0.497 e. The smallest absolute Gasteiger partial charge is 0.317 e. The summed E-state index contributed by atoms with van der Waals surface area (Å²) in [6.45, 7) is 3.28. The van der Waals surface area contributed by atoms with Gasteiger partial charge in [-0.25, -0.2) is 13.2 Å². The van der Waals surface area contributed by atoms with Gasteiger partial charge in [-0.1, -0.05) is 30.3 Å². The van der Waals surface area contributed by atoms with Crippen LogP contribution in [0.25, 0.3) is 0 Å². The molecular formula is C22H29N3O4S. The van der Waals surface area contributed by atoms with E-state index in [4.69, 9.17) is 4.74 Å². The van der Waals surface area contributed by atoms with E-state index in [0.29, 0.717) is 18.8 Å². The van der Waals surface area contributed by atoms with E-state index in [1.54, 1.807) is 29.2 Å². The minimum atomic E-state index is -3.58. The molecule has 162 valence electrons. The molecule has 0 radical (unpaired) electrons. The van der Waals surface area contributed by atoms with E-state index in [0.717, 1.165) is 12.8 Å². The zero-order chi connectivity index (χ0) is 21.6. The Labute approximate surface area is 178 Å². The van der Waals surface area contributed by atoms with Gasteiger partial charge < -0.3 is 15.0 Å². The first-order valence-corrected chi connectivity index (χ1v) is 11.6. The lowest BCUT2D eigenvalue weighted by Crippen LogP contribution is -2.54. The zero-order valence-corrected chi connectivity index (χ0v) is 18.3. The number of benzene rings is 2. The number of hydrogen-bond acceptors (Lipinski definition) is 4. The number of hydrogen-bond donors (Lipinski definition) is 1. The summed E-state index contributed by atoms with van der Waals surface area (Å²) < 4.78 is 32.2. The number of rotatable bonds is 7. The Bertz CT molecular complexity index is 925. The molecule has 1 unspecified atom stereocenters. The average molecular weight is 432 g/mol. The highest BCUT2D eigenvalue weighted by molar-refractivity contribution is 7.89. The highest BCUT2D eigenvalue weighted by Crippen LogP contribution is 2.20. The molecule has 0 bridgehead atoms. The lowest BCUT2D eigenvalue weighted by atomic mass is 10.1. The second-order valence-corrected chi connectivity index (χ2v) is 9.38. The molecule has 2 aromatic carbocycles. The van der Waals surface area contributed by atoms with Crippen LogP contribution in [0.3, 0.4) is 0 Å². The second-order valence-electron chi connectivity index (χ2n) is 7.44. The van der Waals surface area contributed by atoms with Crippen molar-refractivity contribution in [3.05, 3.63) is 60.2 Å². The number of aryl methyl sites for hydroxylation is 1. The lowest BCUT2D eigenvalue weighted by molar-refractivity contribution is 0.169. The van der Waals surface area contributed by atoms with Gasteiger partial charge in [0.1, 0.15) is 5.75 Å². The maximum atomic E-state index is 12.8. The number of nitrogens with zero attached hydrogens (tertiary/aromatic N) is 2. The zero-order valence-electron chi connectivity index (χ0n) is 17.5. The fourth-order valence-corrected chi connectivity index (χ4v) is 4.85. The van der Waals surface area contributed by atoms with Crippen LogP contribution in [0.2, 0.25) is 0 Å². The molecule has 0 aliphatic carbocycles. The number of sulfonamides is 1. The van der Waals surface area contributed by atoms with Gasteiger partial charge >= 0.3 is 6.03 Å². The molecule has 0 spiro atoms. The van der Waals surface area contributed by atoms with Crippen molar-refractivity contribution in [1.82, 2.24) is 14.5 Å². The van der Waals surface area contributed by atoms with Gasteiger partial charge in [-0.05, 0) is 49.6 Å². The number of ether oxygens (including phenoxy) is 1. The van der Waals surface area contributed by atoms with Crippen LogP contribution in [0.4, 0.5) is 4.79 Å². The van der Waals surface area contributed by atoms with Crippen molar-refractivity contribution in [3.8, 4) is 5.75 Å². The molecular weight excluding hydrogens is 402 g/mol. The number of nitrogens with one attached hydrogen (secondary N) is 1. The largest absolute Gasteiger partial charge is 0.497 e. The van der Waals surface area contributed by atoms with E-state index < -0.39 is 10.0 Å². The van der Waals surface area contributed by atoms with E-state index in [1.807, 2.05) is 25.1 Å². The van der Waals surface area contributed by atoms with Gasteiger partial charge in [0, 0.05) is 32.2 Å². The summed E-state index contributed by atoms with van der Waals surface area (Å²) in [7, 11) is -2.04. The highest BCUT2D eigenvalue weighted by atomic mass is 32.2. The lowest BCUT2D eigenvalue weighted by Gasteiger charge is -2.34. The molecule has 1 atom stereocenters. The third-order valence-electron chi connectivity index (χ3n) is 5.30. The summed E-state index contributed by atoms with van der Waals surface area (Å²) >= 11 is 0. The van der Waals surface area contributed by atoms with E-state index >= 15 is 0 Å². The Morgan fingerprint density at radius 3 is 2.27 bits per heavy atom. The van der Waals surface area contributed by atoms with Gasteiger partial charge in [0.25, 0.3) is 0 Å². The van der Waals surface area contributed by atoms with E-state index in [2.05, 4.69) is 17.4 Å². The first-order chi connectivity index (χ1) is 14.4. The highest BCUT2D eigenvalue weighted by Gasteiger charge is 2.30. The average Bonchev–Trinajstić information content (AvgIpc) is 2.78. The summed E-state index contributed by atoms with van der Waals surface area (Å²) in [6, 6.07) is 16.4. The number of carbonyl (C=O) groups is 1. The third kappa shape index (κ3) is 5.52. The van der Waals surface area contributed by atoms with Gasteiger partial charge in [0.2, 0.25) is 10.0 Å². The van der Waals surface area contributed by atoms with E-state index in [-0.39, 0.29) is 30.1 Å². The summed E-state index contributed by atoms with van der Waals surface area (Å²) in [5.74, 6) is 0.608. The summed E-state index contributed by atoms with van der Waals surface area (Å²) in [4.78, 5) is 14.5. The summed E-state index contributed by atoms with van der Waals surface area (Å²) in [6.07, 6.45) is 1.75. The first-order valence-electron chi connectivity index (χ1n) is 10.1. The Balaban J connectivity index is 1.48. The predicted molar refractivity (Wildman–Crippen MR) is 116 cm³/mol. The molecule has 1 heterocycles. The molecule has 1 aliphatic heterocycles. The van der Waals surface area contributed by atoms with Crippen LogP contribution >= 0.6 is 0 Å². The molecule has 30 heavy (non-hydrogen) atoms. The van der Waals surface area contributed by atoms with Crippen LogP contribution < -0.4 is 10.1 Å². The van der Waals surface area contributed by atoms with Crippen LogP contribution in [0.5, 0.6) is 5.75 Å². The molecule has 1 N–H and O–H groups in total. The number of amides is 2. The standard InChI is InChI=1S/C22H29N3O4S/c1-18(8-9-19-6-4-3-5-7-19)23-22(26)24-14-16-25(17-15-24)30(27,28)21-12-10-20(29-2)11-13-21/h3-7,10-13,18H,8-9,14-17H2,1-2H3,(H,23,26). The van der Waals surface area contributed by atoms with Gasteiger partial charge in [0.05, 0.1) is 12.0 Å². The van der Waals surface area contributed by atoms with Crippen molar-refractivity contribution in [2.24, 2.45) is 0 Å². The van der Waals surface area contributed by atoms with Crippen LogP contribution in [0, 0.1) is 0 Å². The predicted octanol–water partition coefficient (Wildman–Crippen LogP) is 2.73. The molecule has 2 amide bonds. The van der Waals surface area contributed by atoms with Gasteiger partial charge in [-0.3, -0.25) is 0 Å². The minimum absolute atomic E-state index is 0.0405. The Morgan fingerprint density at radius 2 is 1.67 bits per heavy atom. The summed E-state index contributed by atoms with van der Waals surface area (Å²) in [5.41, 5.74) is 1.25. The third-order valence-corrected chi connectivity index (χ3v) is 7.21. The van der Waals surface area contributed by atoms with Gasteiger partial charge in [-0.2, -0.15) is 4.31 Å². The van der Waals surface area contributed by atoms with Crippen molar-refractivity contribution in [1.29, 1.82) is 0 Å². The Kier molecular flexibility index (Phi) is 7.33. The molecule has 3 rings (SSSR count). The SMILES string of the molecule is COc1ccc(S(=O)(=O)N2CCN(C(=O)NC(C)CCc3ccccc3)CC2)cc1. The van der Waals surface area contributed by atoms with Gasteiger partial charge in [-0.15, -0.1) is 0 Å². The molecule has 0 saturated carbocycles. The Hall–Kier alpha value is -2.58. The topological polar surface area (TPSA) is 79.0 Å². The van der Waals surface area contributed by atoms with Gasteiger partial charge in [0.15, 0.2) is 0 Å². The second kappa shape index (κ2) is 9.95. The molecule has 1 saturated heterocycles. The van der Waals surface area contributed by atoms with Crippen LogP contribution in [-0.2, 0) is 16.4 Å². The molecule has 0 aromatic heterocycles. The van der Waals surface area contributed by atoms with E-state index in [1.165, 1.54) is 17.0 Å². The van der Waals surface area contributed by atoms with Crippen molar-refractivity contribution in [2.45, 2.75) is 30.7 Å². The van der Waals surface area contributed by atoms with Crippen molar-refractivity contribution < 1.29 is 17.9 Å². The first kappa shape index (κ1) is 22.1. The fraction of sp³-hybridized carbons (Fsp3) is 0.409. The van der Waals surface area contributed by atoms with Crippen molar-refractivity contribution >= 4 is 16.1 Å². The van der Waals surface area contributed by atoms with Crippen LogP contribution in [0.15, 0.2) is 59.5 Å². The molecule has 2 aromatic rings. The molecule has 1 aliphatic rings. The molecule has 1 fully saturated rings. The molecule has 8 heteroatoms. The number of carbonyl (C=O) groups excluding carboxylic acids is 1. The molecule has 7 nitrogen and oxygen atoms in total. The number of piperazine rings is 1. The quantitative estimate of drug-likeness (QED) is 0.731. The normalized spacial score (nSPS) is 16.1. The number of methoxy groups -OCH3 is 1. The van der Waals surface area contributed by atoms with Crippen molar-refractivity contribution in [2.75, 3.05) is 33.3 Å². The van der Waals surface area contributed by atoms with E-state index in [9.17, 15) is 13.2 Å². The van der Waals surface area contributed by atoms with Crippen molar-refractivity contribution in [3.63, 3.8) is 0 Å². The maximum Gasteiger partial charge on any atom is 0.317 e. The number of urea groups is 1. The van der Waals surface area contributed by atoms with Crippen LogP contribution in [-0.4, -0.2) is 63.0 Å². The van der Waals surface area contributed by atoms with Crippen LogP contribution in [0.1, 0.15) is 18.9 Å². The summed E-state index contributed by atoms with van der Waals surface area (Å²) in [5, 5.41) is 3.02. The maximum absolute atomic E-state index is 12.8.